The van der Waals surface area contributed by atoms with E-state index in [2.05, 4.69) is 0 Å². The van der Waals surface area contributed by atoms with Crippen LogP contribution in [0, 0.1) is 5.92 Å². The zero-order valence-electron chi connectivity index (χ0n) is 17.9. The molecular weight excluding hydrogens is 426 g/mol. The second kappa shape index (κ2) is 9.05. The SMILES string of the molecule is COc1cc(C(=O)N2[C@H](C(=O)O)[C@@H](C)C[C@H]2c2ccccc2Cl)ccc1-c1ccccc1. The van der Waals surface area contributed by atoms with Gasteiger partial charge in [0.1, 0.15) is 11.8 Å². The number of aliphatic carboxylic acids is 1. The van der Waals surface area contributed by atoms with E-state index in [1.807, 2.05) is 61.5 Å². The minimum Gasteiger partial charge on any atom is -0.496 e. The lowest BCUT2D eigenvalue weighted by atomic mass is 9.98. The smallest absolute Gasteiger partial charge is 0.326 e. The Morgan fingerprint density at radius 1 is 1.03 bits per heavy atom. The molecule has 6 heteroatoms. The number of carbonyl (C=O) groups excluding carboxylic acids is 1. The van der Waals surface area contributed by atoms with Gasteiger partial charge in [-0.15, -0.1) is 0 Å². The molecule has 0 aromatic heterocycles. The van der Waals surface area contributed by atoms with Crippen molar-refractivity contribution in [3.8, 4) is 16.9 Å². The largest absolute Gasteiger partial charge is 0.496 e. The molecular formula is C26H24ClNO4. The average Bonchev–Trinajstić information content (AvgIpc) is 3.16. The van der Waals surface area contributed by atoms with Crippen LogP contribution in [0.4, 0.5) is 0 Å². The maximum Gasteiger partial charge on any atom is 0.326 e. The third-order valence-electron chi connectivity index (χ3n) is 6.05. The third-order valence-corrected chi connectivity index (χ3v) is 6.40. The van der Waals surface area contributed by atoms with Crippen molar-refractivity contribution in [2.75, 3.05) is 7.11 Å². The fourth-order valence-corrected chi connectivity index (χ4v) is 4.81. The molecule has 164 valence electrons. The van der Waals surface area contributed by atoms with Crippen molar-refractivity contribution in [3.05, 3.63) is 88.9 Å². The van der Waals surface area contributed by atoms with Gasteiger partial charge >= 0.3 is 5.97 Å². The van der Waals surface area contributed by atoms with Gasteiger partial charge < -0.3 is 14.7 Å². The number of amides is 1. The van der Waals surface area contributed by atoms with Gasteiger partial charge in [-0.25, -0.2) is 4.79 Å². The molecule has 3 atom stereocenters. The fraction of sp³-hybridized carbons (Fsp3) is 0.231. The number of methoxy groups -OCH3 is 1. The lowest BCUT2D eigenvalue weighted by molar-refractivity contribution is -0.142. The quantitative estimate of drug-likeness (QED) is 0.543. The van der Waals surface area contributed by atoms with Gasteiger partial charge in [0.2, 0.25) is 0 Å². The first-order valence-electron chi connectivity index (χ1n) is 10.5. The van der Waals surface area contributed by atoms with E-state index >= 15 is 0 Å². The van der Waals surface area contributed by atoms with Crippen LogP contribution < -0.4 is 4.74 Å². The van der Waals surface area contributed by atoms with Gasteiger partial charge in [-0.2, -0.15) is 0 Å². The molecule has 32 heavy (non-hydrogen) atoms. The van der Waals surface area contributed by atoms with Crippen molar-refractivity contribution in [2.45, 2.75) is 25.4 Å². The summed E-state index contributed by atoms with van der Waals surface area (Å²) in [5.41, 5.74) is 2.96. The second-order valence-electron chi connectivity index (χ2n) is 8.03. The number of hydrogen-bond donors (Lipinski definition) is 1. The number of carboxylic acid groups (broad SMARTS) is 1. The summed E-state index contributed by atoms with van der Waals surface area (Å²) < 4.78 is 5.57. The zero-order valence-corrected chi connectivity index (χ0v) is 18.6. The van der Waals surface area contributed by atoms with Gasteiger partial charge in [-0.05, 0) is 47.7 Å². The molecule has 1 fully saturated rings. The highest BCUT2D eigenvalue weighted by Crippen LogP contribution is 2.43. The summed E-state index contributed by atoms with van der Waals surface area (Å²) in [6.07, 6.45) is 0.520. The summed E-state index contributed by atoms with van der Waals surface area (Å²) in [6, 6.07) is 20.9. The standard InChI is InChI=1S/C26H24ClNO4/c1-16-14-22(20-10-6-7-11-21(20)27)28(24(16)26(30)31)25(29)18-12-13-19(23(15-18)32-2)17-8-4-3-5-9-17/h3-13,15-16,22,24H,14H2,1-2H3,(H,30,31)/t16-,22-,24-/m0/s1. The van der Waals surface area contributed by atoms with E-state index in [1.165, 1.54) is 4.90 Å². The van der Waals surface area contributed by atoms with Crippen molar-refractivity contribution in [1.29, 1.82) is 0 Å². The monoisotopic (exact) mass is 449 g/mol. The minimum atomic E-state index is -1.02. The Kier molecular flexibility index (Phi) is 6.19. The van der Waals surface area contributed by atoms with E-state index in [-0.39, 0.29) is 11.8 Å². The van der Waals surface area contributed by atoms with Crippen molar-refractivity contribution in [1.82, 2.24) is 4.90 Å². The van der Waals surface area contributed by atoms with Crippen LogP contribution in [0.3, 0.4) is 0 Å². The Bertz CT molecular complexity index is 1150. The number of nitrogens with zero attached hydrogens (tertiary/aromatic N) is 1. The fourth-order valence-electron chi connectivity index (χ4n) is 4.54. The van der Waals surface area contributed by atoms with E-state index in [9.17, 15) is 14.7 Å². The van der Waals surface area contributed by atoms with Crippen molar-refractivity contribution in [2.24, 2.45) is 5.92 Å². The summed E-state index contributed by atoms with van der Waals surface area (Å²) in [5.74, 6) is -1.04. The molecule has 1 aliphatic heterocycles. The molecule has 0 unspecified atom stereocenters. The maximum absolute atomic E-state index is 13.7. The number of carbonyl (C=O) groups is 2. The Morgan fingerprint density at radius 2 is 1.72 bits per heavy atom. The number of likely N-dealkylation sites (tertiary alicyclic amines) is 1. The highest BCUT2D eigenvalue weighted by Gasteiger charge is 2.47. The molecule has 0 aliphatic carbocycles. The van der Waals surface area contributed by atoms with Gasteiger partial charge in [0.25, 0.3) is 5.91 Å². The first kappa shape index (κ1) is 21.9. The molecule has 1 N–H and O–H groups in total. The first-order chi connectivity index (χ1) is 15.4. The molecule has 1 aliphatic rings. The molecule has 5 nitrogen and oxygen atoms in total. The van der Waals surface area contributed by atoms with Crippen LogP contribution in [-0.2, 0) is 4.79 Å². The number of carboxylic acids is 1. The predicted molar refractivity (Wildman–Crippen MR) is 124 cm³/mol. The van der Waals surface area contributed by atoms with Crippen LogP contribution in [0.5, 0.6) is 5.75 Å². The summed E-state index contributed by atoms with van der Waals surface area (Å²) >= 11 is 6.43. The molecule has 0 bridgehead atoms. The molecule has 0 radical (unpaired) electrons. The number of hydrogen-bond acceptors (Lipinski definition) is 3. The lowest BCUT2D eigenvalue weighted by Gasteiger charge is -2.30. The van der Waals surface area contributed by atoms with E-state index in [1.54, 1.807) is 25.3 Å². The number of halogens is 1. The maximum atomic E-state index is 13.7. The van der Waals surface area contributed by atoms with Crippen molar-refractivity contribution < 1.29 is 19.4 Å². The molecule has 0 spiro atoms. The van der Waals surface area contributed by atoms with E-state index in [0.29, 0.717) is 22.8 Å². The van der Waals surface area contributed by atoms with Gasteiger partial charge in [-0.3, -0.25) is 4.79 Å². The predicted octanol–water partition coefficient (Wildman–Crippen LogP) is 5.69. The number of benzene rings is 3. The molecule has 1 saturated heterocycles. The normalized spacial score (nSPS) is 20.2. The van der Waals surface area contributed by atoms with Gasteiger partial charge in [0.15, 0.2) is 0 Å². The summed E-state index contributed by atoms with van der Waals surface area (Å²) in [7, 11) is 1.56. The Morgan fingerprint density at radius 3 is 2.38 bits per heavy atom. The molecule has 1 amide bonds. The molecule has 3 aromatic carbocycles. The van der Waals surface area contributed by atoms with Crippen LogP contribution >= 0.6 is 11.6 Å². The zero-order chi connectivity index (χ0) is 22.8. The Balaban J connectivity index is 1.76. The van der Waals surface area contributed by atoms with E-state index < -0.39 is 18.1 Å². The summed E-state index contributed by atoms with van der Waals surface area (Å²) in [5, 5.41) is 10.4. The highest BCUT2D eigenvalue weighted by molar-refractivity contribution is 6.31. The summed E-state index contributed by atoms with van der Waals surface area (Å²) in [4.78, 5) is 27.3. The van der Waals surface area contributed by atoms with Gasteiger partial charge in [0.05, 0.1) is 13.2 Å². The number of rotatable bonds is 5. The van der Waals surface area contributed by atoms with E-state index in [0.717, 1.165) is 16.7 Å². The summed E-state index contributed by atoms with van der Waals surface area (Å²) in [6.45, 7) is 1.86. The topological polar surface area (TPSA) is 66.8 Å². The molecule has 1 heterocycles. The molecule has 3 aromatic rings. The van der Waals surface area contributed by atoms with Gasteiger partial charge in [-0.1, -0.05) is 67.1 Å². The second-order valence-corrected chi connectivity index (χ2v) is 8.43. The van der Waals surface area contributed by atoms with Crippen LogP contribution in [0.25, 0.3) is 11.1 Å². The van der Waals surface area contributed by atoms with Crippen LogP contribution in [0.15, 0.2) is 72.8 Å². The minimum absolute atomic E-state index is 0.219. The van der Waals surface area contributed by atoms with Crippen molar-refractivity contribution in [3.63, 3.8) is 0 Å². The van der Waals surface area contributed by atoms with E-state index in [4.69, 9.17) is 16.3 Å². The van der Waals surface area contributed by atoms with Crippen LogP contribution in [0.2, 0.25) is 5.02 Å². The lowest BCUT2D eigenvalue weighted by Crippen LogP contribution is -2.43. The Labute approximate surface area is 192 Å². The van der Waals surface area contributed by atoms with Crippen LogP contribution in [0.1, 0.15) is 35.3 Å². The Hall–Kier alpha value is -3.31. The molecule has 4 rings (SSSR count). The van der Waals surface area contributed by atoms with Crippen molar-refractivity contribution >= 4 is 23.5 Å². The van der Waals surface area contributed by atoms with Gasteiger partial charge in [0, 0.05) is 16.1 Å². The highest BCUT2D eigenvalue weighted by atomic mass is 35.5. The third kappa shape index (κ3) is 3.96. The molecule has 0 saturated carbocycles. The average molecular weight is 450 g/mol. The first-order valence-corrected chi connectivity index (χ1v) is 10.8. The van der Waals surface area contributed by atoms with Crippen LogP contribution in [-0.4, -0.2) is 35.0 Å². The number of ether oxygens (including phenoxy) is 1.